The molecule has 2 rings (SSSR count). The Morgan fingerprint density at radius 1 is 1.14 bits per heavy atom. The third-order valence-electron chi connectivity index (χ3n) is 4.27. The summed E-state index contributed by atoms with van der Waals surface area (Å²) in [6.07, 6.45) is 4.64. The summed E-state index contributed by atoms with van der Waals surface area (Å²) in [6, 6.07) is 6.57. The molecule has 1 saturated carbocycles. The molecule has 0 aliphatic heterocycles. The molecule has 5 heteroatoms. The number of hydrogen-bond donors (Lipinski definition) is 3. The number of carbonyl (C=O) groups excluding carboxylic acids is 1. The van der Waals surface area contributed by atoms with Crippen LogP contribution in [0.25, 0.3) is 0 Å². The molecule has 3 N–H and O–H groups in total. The standard InChI is InChI=1S/C17H23NO4/c19-15-4-2-1-3-14(15)11-18-16(20)10-7-12-5-8-13(9-6-12)17(21)22/h5-6,8-9,14-15,19H,1-4,7,10-11H2,(H,18,20)(H,21,22). The molecular weight excluding hydrogens is 282 g/mol. The number of aliphatic hydroxyl groups is 1. The average Bonchev–Trinajstić information content (AvgIpc) is 2.52. The number of aliphatic hydroxyl groups excluding tert-OH is 1. The van der Waals surface area contributed by atoms with Crippen molar-refractivity contribution in [3.8, 4) is 0 Å². The highest BCUT2D eigenvalue weighted by molar-refractivity contribution is 5.87. The zero-order valence-electron chi connectivity index (χ0n) is 12.6. The summed E-state index contributed by atoms with van der Waals surface area (Å²) in [6.45, 7) is 0.540. The van der Waals surface area contributed by atoms with Crippen LogP contribution in [-0.2, 0) is 11.2 Å². The van der Waals surface area contributed by atoms with Gasteiger partial charge in [-0.3, -0.25) is 4.79 Å². The van der Waals surface area contributed by atoms with Gasteiger partial charge in [0.1, 0.15) is 0 Å². The van der Waals surface area contributed by atoms with E-state index < -0.39 is 5.97 Å². The second-order valence-electron chi connectivity index (χ2n) is 5.92. The Balaban J connectivity index is 1.72. The molecule has 0 bridgehead atoms. The van der Waals surface area contributed by atoms with Gasteiger partial charge in [-0.25, -0.2) is 4.79 Å². The van der Waals surface area contributed by atoms with Crippen molar-refractivity contribution in [1.82, 2.24) is 5.32 Å². The zero-order valence-corrected chi connectivity index (χ0v) is 12.6. The molecule has 1 aromatic rings. The smallest absolute Gasteiger partial charge is 0.335 e. The van der Waals surface area contributed by atoms with Crippen LogP contribution in [0.15, 0.2) is 24.3 Å². The molecule has 1 aliphatic carbocycles. The Labute approximate surface area is 130 Å². The highest BCUT2D eigenvalue weighted by Gasteiger charge is 2.23. The number of carbonyl (C=O) groups is 2. The molecule has 0 spiro atoms. The lowest BCUT2D eigenvalue weighted by molar-refractivity contribution is -0.121. The summed E-state index contributed by atoms with van der Waals surface area (Å²) in [7, 11) is 0. The van der Waals surface area contributed by atoms with E-state index in [1.54, 1.807) is 24.3 Å². The van der Waals surface area contributed by atoms with Gasteiger partial charge in [-0.05, 0) is 37.0 Å². The van der Waals surface area contributed by atoms with Crippen molar-refractivity contribution in [2.75, 3.05) is 6.54 Å². The van der Waals surface area contributed by atoms with Crippen LogP contribution in [0.2, 0.25) is 0 Å². The van der Waals surface area contributed by atoms with E-state index in [4.69, 9.17) is 5.11 Å². The lowest BCUT2D eigenvalue weighted by atomic mass is 9.86. The Morgan fingerprint density at radius 3 is 2.45 bits per heavy atom. The van der Waals surface area contributed by atoms with Crippen LogP contribution in [0.5, 0.6) is 0 Å². The molecule has 1 aromatic carbocycles. The number of carboxylic acid groups (broad SMARTS) is 1. The monoisotopic (exact) mass is 305 g/mol. The summed E-state index contributed by atoms with van der Waals surface area (Å²) >= 11 is 0. The van der Waals surface area contributed by atoms with Gasteiger partial charge >= 0.3 is 5.97 Å². The number of benzene rings is 1. The molecule has 0 radical (unpaired) electrons. The summed E-state index contributed by atoms with van der Waals surface area (Å²) < 4.78 is 0. The average molecular weight is 305 g/mol. The minimum absolute atomic E-state index is 0.0277. The van der Waals surface area contributed by atoms with E-state index in [1.165, 1.54) is 0 Å². The fourth-order valence-electron chi connectivity index (χ4n) is 2.83. The largest absolute Gasteiger partial charge is 0.478 e. The maximum absolute atomic E-state index is 11.9. The number of carboxylic acids is 1. The Kier molecular flexibility index (Phi) is 5.95. The van der Waals surface area contributed by atoms with E-state index >= 15 is 0 Å². The molecule has 0 aromatic heterocycles. The normalized spacial score (nSPS) is 21.3. The van der Waals surface area contributed by atoms with E-state index in [2.05, 4.69) is 5.32 Å². The zero-order chi connectivity index (χ0) is 15.9. The second-order valence-corrected chi connectivity index (χ2v) is 5.92. The van der Waals surface area contributed by atoms with Gasteiger partial charge in [0.05, 0.1) is 11.7 Å². The molecule has 0 saturated heterocycles. The molecule has 2 atom stereocenters. The van der Waals surface area contributed by atoms with Crippen molar-refractivity contribution >= 4 is 11.9 Å². The highest BCUT2D eigenvalue weighted by atomic mass is 16.4. The number of amides is 1. The topological polar surface area (TPSA) is 86.6 Å². The van der Waals surface area contributed by atoms with Gasteiger partial charge in [0.25, 0.3) is 0 Å². The first-order chi connectivity index (χ1) is 10.6. The summed E-state index contributed by atoms with van der Waals surface area (Å²) in [5.74, 6) is -0.803. The summed E-state index contributed by atoms with van der Waals surface area (Å²) in [5, 5.41) is 21.6. The Hall–Kier alpha value is -1.88. The molecule has 1 amide bonds. The highest BCUT2D eigenvalue weighted by Crippen LogP contribution is 2.23. The van der Waals surface area contributed by atoms with E-state index in [0.29, 0.717) is 19.4 Å². The Morgan fingerprint density at radius 2 is 1.82 bits per heavy atom. The predicted molar refractivity (Wildman–Crippen MR) is 82.7 cm³/mol. The quantitative estimate of drug-likeness (QED) is 0.750. The minimum Gasteiger partial charge on any atom is -0.478 e. The first kappa shape index (κ1) is 16.5. The van der Waals surface area contributed by atoms with Gasteiger partial charge in [0, 0.05) is 18.9 Å². The predicted octanol–water partition coefficient (Wildman–Crippen LogP) is 1.98. The van der Waals surface area contributed by atoms with Gasteiger partial charge < -0.3 is 15.5 Å². The van der Waals surface area contributed by atoms with E-state index in [-0.39, 0.29) is 23.5 Å². The number of hydrogen-bond acceptors (Lipinski definition) is 3. The van der Waals surface area contributed by atoms with E-state index in [9.17, 15) is 14.7 Å². The van der Waals surface area contributed by atoms with Crippen molar-refractivity contribution in [1.29, 1.82) is 0 Å². The van der Waals surface area contributed by atoms with Crippen molar-refractivity contribution in [2.45, 2.75) is 44.6 Å². The van der Waals surface area contributed by atoms with Crippen molar-refractivity contribution in [2.24, 2.45) is 5.92 Å². The molecule has 0 heterocycles. The van der Waals surface area contributed by atoms with Gasteiger partial charge in [-0.15, -0.1) is 0 Å². The molecule has 5 nitrogen and oxygen atoms in total. The van der Waals surface area contributed by atoms with Crippen molar-refractivity contribution in [3.05, 3.63) is 35.4 Å². The number of nitrogens with one attached hydrogen (secondary N) is 1. The van der Waals surface area contributed by atoms with E-state index in [1.807, 2.05) is 0 Å². The van der Waals surface area contributed by atoms with Crippen molar-refractivity contribution in [3.63, 3.8) is 0 Å². The second kappa shape index (κ2) is 7.94. The van der Waals surface area contributed by atoms with Gasteiger partial charge in [0.2, 0.25) is 5.91 Å². The maximum Gasteiger partial charge on any atom is 0.335 e. The van der Waals surface area contributed by atoms with E-state index in [0.717, 1.165) is 31.2 Å². The molecule has 1 fully saturated rings. The summed E-state index contributed by atoms with van der Waals surface area (Å²) in [5.41, 5.74) is 1.19. The SMILES string of the molecule is O=C(CCc1ccc(C(=O)O)cc1)NCC1CCCCC1O. The first-order valence-electron chi connectivity index (χ1n) is 7.83. The van der Waals surface area contributed by atoms with Crippen LogP contribution in [0.1, 0.15) is 48.0 Å². The van der Waals surface area contributed by atoms with Crippen LogP contribution in [0, 0.1) is 5.92 Å². The van der Waals surface area contributed by atoms with Gasteiger partial charge in [-0.1, -0.05) is 25.0 Å². The Bertz CT molecular complexity index is 512. The molecule has 2 unspecified atom stereocenters. The summed E-state index contributed by atoms with van der Waals surface area (Å²) in [4.78, 5) is 22.6. The lowest BCUT2D eigenvalue weighted by Gasteiger charge is -2.27. The third-order valence-corrected chi connectivity index (χ3v) is 4.27. The van der Waals surface area contributed by atoms with Crippen LogP contribution >= 0.6 is 0 Å². The van der Waals surface area contributed by atoms with Crippen LogP contribution in [-0.4, -0.2) is 34.7 Å². The van der Waals surface area contributed by atoms with Crippen LogP contribution in [0.3, 0.4) is 0 Å². The first-order valence-corrected chi connectivity index (χ1v) is 7.83. The molecule has 22 heavy (non-hydrogen) atoms. The fraction of sp³-hybridized carbons (Fsp3) is 0.529. The lowest BCUT2D eigenvalue weighted by Crippen LogP contribution is -2.36. The number of aromatic carboxylic acids is 1. The maximum atomic E-state index is 11.9. The molecular formula is C17H23NO4. The minimum atomic E-state index is -0.949. The van der Waals surface area contributed by atoms with Crippen LogP contribution < -0.4 is 5.32 Å². The number of rotatable bonds is 6. The number of aryl methyl sites for hydroxylation is 1. The third kappa shape index (κ3) is 4.84. The van der Waals surface area contributed by atoms with Crippen molar-refractivity contribution < 1.29 is 19.8 Å². The fourth-order valence-corrected chi connectivity index (χ4v) is 2.83. The van der Waals surface area contributed by atoms with Crippen LogP contribution in [0.4, 0.5) is 0 Å². The van der Waals surface area contributed by atoms with Gasteiger partial charge in [0.15, 0.2) is 0 Å². The molecule has 120 valence electrons. The van der Waals surface area contributed by atoms with Gasteiger partial charge in [-0.2, -0.15) is 0 Å². The molecule has 1 aliphatic rings.